The molecule has 0 atom stereocenters. The lowest BCUT2D eigenvalue weighted by Crippen LogP contribution is -1.93. The van der Waals surface area contributed by atoms with Crippen LogP contribution in [0.15, 0.2) is 49.7 Å². The topological polar surface area (TPSA) is 12.9 Å². The highest BCUT2D eigenvalue weighted by atomic mass is 14.7. The van der Waals surface area contributed by atoms with Crippen LogP contribution in [0.1, 0.15) is 47.2 Å². The Kier molecular flexibility index (Phi) is 4.24. The van der Waals surface area contributed by atoms with Gasteiger partial charge in [-0.15, -0.1) is 0 Å². The Morgan fingerprint density at radius 3 is 2.64 bits per heavy atom. The molecule has 0 saturated heterocycles. The zero-order chi connectivity index (χ0) is 15.5. The lowest BCUT2D eigenvalue weighted by Gasteiger charge is -2.11. The number of aromatic nitrogens is 1. The second-order valence-corrected chi connectivity index (χ2v) is 6.21. The van der Waals surface area contributed by atoms with E-state index in [-0.39, 0.29) is 0 Å². The number of aryl methyl sites for hydroxylation is 3. The highest BCUT2D eigenvalue weighted by molar-refractivity contribution is 5.69. The van der Waals surface area contributed by atoms with E-state index in [0.29, 0.717) is 0 Å². The van der Waals surface area contributed by atoms with E-state index in [2.05, 4.69) is 49.3 Å². The molecule has 1 aromatic heterocycles. The molecule has 0 unspecified atom stereocenters. The highest BCUT2D eigenvalue weighted by Gasteiger charge is 2.12. The van der Waals surface area contributed by atoms with Crippen LogP contribution in [0.4, 0.5) is 0 Å². The van der Waals surface area contributed by atoms with E-state index in [1.54, 1.807) is 0 Å². The van der Waals surface area contributed by atoms with E-state index in [4.69, 9.17) is 0 Å². The molecule has 0 aliphatic heterocycles. The first-order valence-corrected chi connectivity index (χ1v) is 8.05. The third-order valence-corrected chi connectivity index (χ3v) is 4.58. The first-order chi connectivity index (χ1) is 10.6. The normalized spacial score (nSPS) is 13.0. The summed E-state index contributed by atoms with van der Waals surface area (Å²) in [6, 6.07) is 10.9. The van der Waals surface area contributed by atoms with E-state index in [1.165, 1.54) is 47.1 Å². The van der Waals surface area contributed by atoms with E-state index in [0.717, 1.165) is 24.1 Å². The van der Waals surface area contributed by atoms with Crippen LogP contribution in [0.3, 0.4) is 0 Å². The van der Waals surface area contributed by atoms with Crippen LogP contribution < -0.4 is 0 Å². The van der Waals surface area contributed by atoms with Crippen LogP contribution in [0.5, 0.6) is 0 Å². The number of pyridine rings is 1. The average molecular weight is 289 g/mol. The number of rotatable bonds is 5. The van der Waals surface area contributed by atoms with Crippen molar-refractivity contribution < 1.29 is 0 Å². The molecule has 1 aromatic carbocycles. The average Bonchev–Trinajstić information content (AvgIpc) is 3.00. The van der Waals surface area contributed by atoms with Gasteiger partial charge < -0.3 is 0 Å². The largest absolute Gasteiger partial charge is 0.256 e. The number of benzene rings is 1. The Morgan fingerprint density at radius 2 is 1.82 bits per heavy atom. The summed E-state index contributed by atoms with van der Waals surface area (Å²) in [4.78, 5) is 4.45. The summed E-state index contributed by atoms with van der Waals surface area (Å²) < 4.78 is 0. The van der Waals surface area contributed by atoms with Crippen molar-refractivity contribution in [3.63, 3.8) is 0 Å². The van der Waals surface area contributed by atoms with Gasteiger partial charge in [0.25, 0.3) is 0 Å². The van der Waals surface area contributed by atoms with E-state index in [9.17, 15) is 0 Å². The second kappa shape index (κ2) is 6.31. The summed E-state index contributed by atoms with van der Waals surface area (Å²) >= 11 is 0. The molecule has 1 aliphatic carbocycles. The molecule has 0 spiro atoms. The summed E-state index contributed by atoms with van der Waals surface area (Å²) in [6.07, 6.45) is 7.43. The third kappa shape index (κ3) is 3.04. The Balaban J connectivity index is 1.65. The van der Waals surface area contributed by atoms with Crippen LogP contribution in [0.2, 0.25) is 0 Å². The van der Waals surface area contributed by atoms with Crippen LogP contribution in [-0.4, -0.2) is 4.98 Å². The number of nitrogens with zero attached hydrogens (tertiary/aromatic N) is 1. The van der Waals surface area contributed by atoms with Crippen molar-refractivity contribution >= 4 is 11.1 Å². The zero-order valence-corrected chi connectivity index (χ0v) is 13.4. The molecular weight excluding hydrogens is 266 g/mol. The summed E-state index contributed by atoms with van der Waals surface area (Å²) in [5, 5.41) is 0. The molecule has 0 fully saturated rings. The lowest BCUT2D eigenvalue weighted by atomic mass is 9.95. The van der Waals surface area contributed by atoms with Crippen LogP contribution in [0, 0.1) is 6.92 Å². The molecule has 3 rings (SSSR count). The zero-order valence-electron chi connectivity index (χ0n) is 13.4. The minimum atomic E-state index is 0.910. The van der Waals surface area contributed by atoms with Crippen molar-refractivity contribution in [3.05, 3.63) is 77.6 Å². The van der Waals surface area contributed by atoms with Crippen molar-refractivity contribution in [1.82, 2.24) is 4.98 Å². The molecule has 1 nitrogen and oxygen atoms in total. The monoisotopic (exact) mass is 289 g/mol. The third-order valence-electron chi connectivity index (χ3n) is 4.58. The molecule has 22 heavy (non-hydrogen) atoms. The molecule has 112 valence electrons. The first kappa shape index (κ1) is 14.8. The summed E-state index contributed by atoms with van der Waals surface area (Å²) in [7, 11) is 0. The number of allylic oxidation sites excluding steroid dienone is 2. The van der Waals surface area contributed by atoms with Crippen molar-refractivity contribution in [2.24, 2.45) is 0 Å². The lowest BCUT2D eigenvalue weighted by molar-refractivity contribution is 0.911. The maximum Gasteiger partial charge on any atom is 0.0684 e. The first-order valence-electron chi connectivity index (χ1n) is 8.05. The molecule has 0 radical (unpaired) electrons. The predicted molar refractivity (Wildman–Crippen MR) is 94.7 cm³/mol. The molecule has 2 aromatic rings. The van der Waals surface area contributed by atoms with Gasteiger partial charge in [0.05, 0.1) is 5.69 Å². The molecule has 0 bridgehead atoms. The van der Waals surface area contributed by atoms with Gasteiger partial charge in [0.2, 0.25) is 0 Å². The number of hydrogen-bond acceptors (Lipinski definition) is 1. The van der Waals surface area contributed by atoms with E-state index < -0.39 is 0 Å². The Labute approximate surface area is 133 Å². The molecular formula is C21H23N. The van der Waals surface area contributed by atoms with Gasteiger partial charge in [-0.05, 0) is 78.5 Å². The van der Waals surface area contributed by atoms with Gasteiger partial charge >= 0.3 is 0 Å². The summed E-state index contributed by atoms with van der Waals surface area (Å²) in [6.45, 7) is 10.6. The molecule has 1 heterocycles. The fourth-order valence-corrected chi connectivity index (χ4v) is 3.21. The van der Waals surface area contributed by atoms with Crippen molar-refractivity contribution in [3.8, 4) is 0 Å². The highest BCUT2D eigenvalue weighted by Crippen LogP contribution is 2.29. The maximum absolute atomic E-state index is 4.45. The van der Waals surface area contributed by atoms with Crippen LogP contribution in [0.25, 0.3) is 11.1 Å². The van der Waals surface area contributed by atoms with Crippen LogP contribution >= 0.6 is 0 Å². The number of fused-ring (bicyclic) bond motifs is 1. The van der Waals surface area contributed by atoms with Crippen molar-refractivity contribution in [2.75, 3.05) is 0 Å². The standard InChI is InChI=1S/C21H23N/c1-15(19-12-11-18-7-4-8-20(18)14-19)9-10-17(3)21-16(2)6-5-13-22-21/h5-6,11-14H,1,3-4,7-10H2,2H3. The van der Waals surface area contributed by atoms with Crippen molar-refractivity contribution in [1.29, 1.82) is 0 Å². The molecule has 1 aliphatic rings. The Morgan fingerprint density at radius 1 is 1.05 bits per heavy atom. The van der Waals surface area contributed by atoms with Crippen molar-refractivity contribution in [2.45, 2.75) is 39.0 Å². The predicted octanol–water partition coefficient (Wildman–Crippen LogP) is 5.39. The fourth-order valence-electron chi connectivity index (χ4n) is 3.21. The van der Waals surface area contributed by atoms with Gasteiger partial charge in [-0.25, -0.2) is 0 Å². The van der Waals surface area contributed by atoms with Gasteiger partial charge in [-0.3, -0.25) is 4.98 Å². The van der Waals surface area contributed by atoms with E-state index >= 15 is 0 Å². The van der Waals surface area contributed by atoms with Gasteiger partial charge in [0.1, 0.15) is 0 Å². The van der Waals surface area contributed by atoms with Gasteiger partial charge in [0, 0.05) is 6.20 Å². The van der Waals surface area contributed by atoms with Gasteiger partial charge in [-0.1, -0.05) is 37.4 Å². The molecule has 0 N–H and O–H groups in total. The Bertz CT molecular complexity index is 724. The Hall–Kier alpha value is -2.15. The van der Waals surface area contributed by atoms with E-state index in [1.807, 2.05) is 12.3 Å². The van der Waals surface area contributed by atoms with Gasteiger partial charge in [0.15, 0.2) is 0 Å². The molecule has 1 heteroatoms. The maximum atomic E-state index is 4.45. The summed E-state index contributed by atoms with van der Waals surface area (Å²) in [5.74, 6) is 0. The fraction of sp³-hybridized carbons (Fsp3) is 0.286. The van der Waals surface area contributed by atoms with Crippen LogP contribution in [-0.2, 0) is 12.8 Å². The summed E-state index contributed by atoms with van der Waals surface area (Å²) in [5.41, 5.74) is 8.83. The minimum Gasteiger partial charge on any atom is -0.256 e. The SMILES string of the molecule is C=C(CCC(=C)c1ncccc1C)c1ccc2c(c1)CCC2. The number of hydrogen-bond donors (Lipinski definition) is 0. The second-order valence-electron chi connectivity index (χ2n) is 6.21. The smallest absolute Gasteiger partial charge is 0.0684 e. The van der Waals surface area contributed by atoms with Gasteiger partial charge in [-0.2, -0.15) is 0 Å². The quantitative estimate of drug-likeness (QED) is 0.719. The minimum absolute atomic E-state index is 0.910. The molecule has 0 amide bonds. The molecule has 0 saturated carbocycles.